The van der Waals surface area contributed by atoms with Gasteiger partial charge in [0.05, 0.1) is 6.61 Å². The summed E-state index contributed by atoms with van der Waals surface area (Å²) < 4.78 is 4.77. The van der Waals surface area contributed by atoms with E-state index >= 15 is 0 Å². The summed E-state index contributed by atoms with van der Waals surface area (Å²) in [7, 11) is 0. The number of rotatable bonds is 2. The van der Waals surface area contributed by atoms with Crippen LogP contribution in [0.15, 0.2) is 0 Å². The Balaban J connectivity index is 2.25. The molecule has 0 aromatic heterocycles. The molecule has 1 unspecified atom stereocenters. The van der Waals surface area contributed by atoms with Crippen LogP contribution >= 0.6 is 0 Å². The molecular formula is C7H13NO2. The van der Waals surface area contributed by atoms with Crippen LogP contribution in [-0.4, -0.2) is 19.1 Å². The first kappa shape index (κ1) is 7.54. The van der Waals surface area contributed by atoms with E-state index in [1.165, 1.54) is 0 Å². The van der Waals surface area contributed by atoms with Gasteiger partial charge in [0.15, 0.2) is 0 Å². The number of nitrogens with two attached hydrogens (primary N) is 1. The highest BCUT2D eigenvalue weighted by atomic mass is 16.5. The third kappa shape index (κ3) is 1.99. The Morgan fingerprint density at radius 1 is 1.70 bits per heavy atom. The summed E-state index contributed by atoms with van der Waals surface area (Å²) in [4.78, 5) is 10.7. The molecule has 0 bridgehead atoms. The van der Waals surface area contributed by atoms with Gasteiger partial charge in [-0.05, 0) is 25.3 Å². The van der Waals surface area contributed by atoms with Crippen molar-refractivity contribution < 1.29 is 9.53 Å². The van der Waals surface area contributed by atoms with Gasteiger partial charge in [-0.3, -0.25) is 4.79 Å². The third-order valence-electron chi connectivity index (χ3n) is 1.82. The lowest BCUT2D eigenvalue weighted by atomic mass is 9.96. The van der Waals surface area contributed by atoms with Crippen molar-refractivity contribution in [1.82, 2.24) is 0 Å². The van der Waals surface area contributed by atoms with Crippen molar-refractivity contribution in [3.8, 4) is 0 Å². The molecule has 1 atom stereocenters. The molecule has 1 saturated heterocycles. The van der Waals surface area contributed by atoms with Crippen molar-refractivity contribution in [1.29, 1.82) is 0 Å². The molecule has 1 rings (SSSR count). The molecule has 0 saturated carbocycles. The minimum absolute atomic E-state index is 0.0651. The summed E-state index contributed by atoms with van der Waals surface area (Å²) in [5.41, 5.74) is 5.35. The summed E-state index contributed by atoms with van der Waals surface area (Å²) in [5.74, 6) is 0.413. The largest absolute Gasteiger partial charge is 0.466 e. The maximum absolute atomic E-state index is 10.7. The SMILES string of the molecule is NCCC1CCOC(=O)C1. The zero-order chi connectivity index (χ0) is 7.40. The maximum atomic E-state index is 10.7. The number of carbonyl (C=O) groups is 1. The molecule has 0 aromatic carbocycles. The summed E-state index contributed by atoms with van der Waals surface area (Å²) >= 11 is 0. The van der Waals surface area contributed by atoms with Gasteiger partial charge in [0.25, 0.3) is 0 Å². The molecule has 1 aliphatic heterocycles. The molecule has 58 valence electrons. The highest BCUT2D eigenvalue weighted by molar-refractivity contribution is 5.70. The lowest BCUT2D eigenvalue weighted by molar-refractivity contribution is -0.149. The zero-order valence-electron chi connectivity index (χ0n) is 6.01. The van der Waals surface area contributed by atoms with E-state index in [4.69, 9.17) is 10.5 Å². The van der Waals surface area contributed by atoms with Crippen LogP contribution in [0.2, 0.25) is 0 Å². The quantitative estimate of drug-likeness (QED) is 0.565. The van der Waals surface area contributed by atoms with E-state index in [0.717, 1.165) is 12.8 Å². The lowest BCUT2D eigenvalue weighted by Crippen LogP contribution is -2.22. The number of cyclic esters (lactones) is 1. The van der Waals surface area contributed by atoms with Gasteiger partial charge in [-0.1, -0.05) is 0 Å². The molecule has 3 nitrogen and oxygen atoms in total. The van der Waals surface area contributed by atoms with E-state index in [-0.39, 0.29) is 5.97 Å². The second kappa shape index (κ2) is 3.56. The third-order valence-corrected chi connectivity index (χ3v) is 1.82. The molecule has 3 heteroatoms. The molecule has 10 heavy (non-hydrogen) atoms. The van der Waals surface area contributed by atoms with Crippen LogP contribution in [0.25, 0.3) is 0 Å². The monoisotopic (exact) mass is 143 g/mol. The van der Waals surface area contributed by atoms with E-state index in [1.54, 1.807) is 0 Å². The highest BCUT2D eigenvalue weighted by Gasteiger charge is 2.19. The van der Waals surface area contributed by atoms with Crippen LogP contribution in [-0.2, 0) is 9.53 Å². The second-order valence-electron chi connectivity index (χ2n) is 2.66. The van der Waals surface area contributed by atoms with Crippen molar-refractivity contribution in [2.75, 3.05) is 13.2 Å². The zero-order valence-corrected chi connectivity index (χ0v) is 6.01. The highest BCUT2D eigenvalue weighted by Crippen LogP contribution is 2.17. The van der Waals surface area contributed by atoms with Crippen molar-refractivity contribution in [3.63, 3.8) is 0 Å². The average molecular weight is 143 g/mol. The maximum Gasteiger partial charge on any atom is 0.306 e. The van der Waals surface area contributed by atoms with Gasteiger partial charge >= 0.3 is 5.97 Å². The first-order valence-corrected chi connectivity index (χ1v) is 3.68. The van der Waals surface area contributed by atoms with Crippen molar-refractivity contribution in [3.05, 3.63) is 0 Å². The van der Waals surface area contributed by atoms with Gasteiger partial charge in [0, 0.05) is 6.42 Å². The Hall–Kier alpha value is -0.570. The Kier molecular flexibility index (Phi) is 2.68. The molecule has 0 radical (unpaired) electrons. The fourth-order valence-corrected chi connectivity index (χ4v) is 1.22. The predicted molar refractivity (Wildman–Crippen MR) is 37.4 cm³/mol. The first-order valence-electron chi connectivity index (χ1n) is 3.68. The summed E-state index contributed by atoms with van der Waals surface area (Å²) in [6.45, 7) is 1.27. The molecule has 0 spiro atoms. The topological polar surface area (TPSA) is 52.3 Å². The second-order valence-corrected chi connectivity index (χ2v) is 2.66. The lowest BCUT2D eigenvalue weighted by Gasteiger charge is -2.19. The van der Waals surface area contributed by atoms with Crippen LogP contribution < -0.4 is 5.73 Å². The Labute approximate surface area is 60.5 Å². The normalized spacial score (nSPS) is 26.1. The van der Waals surface area contributed by atoms with Crippen LogP contribution in [0.3, 0.4) is 0 Å². The smallest absolute Gasteiger partial charge is 0.306 e. The molecular weight excluding hydrogens is 130 g/mol. The number of ether oxygens (including phenoxy) is 1. The molecule has 2 N–H and O–H groups in total. The van der Waals surface area contributed by atoms with Gasteiger partial charge < -0.3 is 10.5 Å². The minimum Gasteiger partial charge on any atom is -0.466 e. The first-order chi connectivity index (χ1) is 4.83. The van der Waals surface area contributed by atoms with E-state index in [2.05, 4.69) is 0 Å². The fourth-order valence-electron chi connectivity index (χ4n) is 1.22. The Morgan fingerprint density at radius 2 is 2.50 bits per heavy atom. The molecule has 1 fully saturated rings. The van der Waals surface area contributed by atoms with Gasteiger partial charge in [-0.25, -0.2) is 0 Å². The summed E-state index contributed by atoms with van der Waals surface area (Å²) in [6, 6.07) is 0. The van der Waals surface area contributed by atoms with Crippen molar-refractivity contribution in [2.24, 2.45) is 11.7 Å². The number of hydrogen-bond acceptors (Lipinski definition) is 3. The molecule has 1 heterocycles. The van der Waals surface area contributed by atoms with Crippen LogP contribution in [0.4, 0.5) is 0 Å². The number of esters is 1. The molecule has 0 aliphatic carbocycles. The Bertz CT molecular complexity index is 123. The average Bonchev–Trinajstić information content (AvgIpc) is 1.88. The summed E-state index contributed by atoms with van der Waals surface area (Å²) in [6.07, 6.45) is 2.51. The van der Waals surface area contributed by atoms with Gasteiger partial charge in [-0.15, -0.1) is 0 Å². The van der Waals surface area contributed by atoms with E-state index in [9.17, 15) is 4.79 Å². The standard InChI is InChI=1S/C7H13NO2/c8-3-1-6-2-4-10-7(9)5-6/h6H,1-5,8H2. The van der Waals surface area contributed by atoms with Crippen LogP contribution in [0.1, 0.15) is 19.3 Å². The molecule has 1 aliphatic rings. The number of hydrogen-bond donors (Lipinski definition) is 1. The Morgan fingerprint density at radius 3 is 3.10 bits per heavy atom. The van der Waals surface area contributed by atoms with E-state index < -0.39 is 0 Å². The summed E-state index contributed by atoms with van der Waals surface area (Å²) in [5, 5.41) is 0. The van der Waals surface area contributed by atoms with Crippen LogP contribution in [0.5, 0.6) is 0 Å². The van der Waals surface area contributed by atoms with Gasteiger partial charge in [0.2, 0.25) is 0 Å². The van der Waals surface area contributed by atoms with Gasteiger partial charge in [-0.2, -0.15) is 0 Å². The van der Waals surface area contributed by atoms with Crippen LogP contribution in [0, 0.1) is 5.92 Å². The van der Waals surface area contributed by atoms with Gasteiger partial charge in [0.1, 0.15) is 0 Å². The van der Waals surface area contributed by atoms with E-state index in [0.29, 0.717) is 25.5 Å². The van der Waals surface area contributed by atoms with E-state index in [1.807, 2.05) is 0 Å². The molecule has 0 aromatic rings. The van der Waals surface area contributed by atoms with Crippen molar-refractivity contribution >= 4 is 5.97 Å². The fraction of sp³-hybridized carbons (Fsp3) is 0.857. The number of carbonyl (C=O) groups excluding carboxylic acids is 1. The predicted octanol–water partition coefficient (Wildman–Crippen LogP) is 0.288. The molecule has 0 amide bonds. The minimum atomic E-state index is -0.0651. The van der Waals surface area contributed by atoms with Crippen molar-refractivity contribution in [2.45, 2.75) is 19.3 Å².